The Balaban J connectivity index is 1.52. The Kier molecular flexibility index (Phi) is 4.95. The van der Waals surface area contributed by atoms with Gasteiger partial charge in [0.2, 0.25) is 0 Å². The fourth-order valence-corrected chi connectivity index (χ4v) is 5.67. The summed E-state index contributed by atoms with van der Waals surface area (Å²) in [5.41, 5.74) is 9.20. The summed E-state index contributed by atoms with van der Waals surface area (Å²) in [4.78, 5) is 16.1. The van der Waals surface area contributed by atoms with E-state index in [2.05, 4.69) is 18.2 Å². The van der Waals surface area contributed by atoms with Crippen LogP contribution in [0.5, 0.6) is 0 Å². The van der Waals surface area contributed by atoms with Crippen molar-refractivity contribution >= 4 is 40.9 Å². The first-order valence-electron chi connectivity index (χ1n) is 8.73. The number of halogens is 2. The lowest BCUT2D eigenvalue weighted by atomic mass is 9.74. The largest absolute Gasteiger partial charge is 0.339 e. The number of hydrogen-bond acceptors (Lipinski definition) is 3. The number of likely N-dealkylation sites (tertiary alicyclic amines) is 1. The number of nitrogens with two attached hydrogens (primary N) is 1. The number of carbonyl (C=O) groups is 1. The molecule has 2 aliphatic rings. The zero-order chi connectivity index (χ0) is 18.3. The molecule has 0 bridgehead atoms. The van der Waals surface area contributed by atoms with E-state index in [4.69, 9.17) is 28.9 Å². The molecule has 3 nitrogen and oxygen atoms in total. The van der Waals surface area contributed by atoms with Crippen molar-refractivity contribution in [3.8, 4) is 0 Å². The zero-order valence-corrected chi connectivity index (χ0v) is 16.6. The van der Waals surface area contributed by atoms with E-state index in [1.165, 1.54) is 16.0 Å². The number of benzene rings is 2. The summed E-state index contributed by atoms with van der Waals surface area (Å²) in [6.45, 7) is 2.08. The van der Waals surface area contributed by atoms with Gasteiger partial charge in [0.25, 0.3) is 5.91 Å². The van der Waals surface area contributed by atoms with Crippen molar-refractivity contribution in [2.75, 3.05) is 18.8 Å². The average molecular weight is 407 g/mol. The van der Waals surface area contributed by atoms with Gasteiger partial charge in [-0.25, -0.2) is 0 Å². The molecule has 0 aromatic heterocycles. The van der Waals surface area contributed by atoms with Gasteiger partial charge in [0.1, 0.15) is 0 Å². The minimum absolute atomic E-state index is 0.0278. The highest BCUT2D eigenvalue weighted by Gasteiger charge is 2.42. The minimum Gasteiger partial charge on any atom is -0.339 e. The number of amides is 1. The van der Waals surface area contributed by atoms with Gasteiger partial charge in [-0.05, 0) is 48.2 Å². The summed E-state index contributed by atoms with van der Waals surface area (Å²) in [7, 11) is 0. The van der Waals surface area contributed by atoms with Gasteiger partial charge in [-0.2, -0.15) is 0 Å². The SMILES string of the molecule is NCc1ccc2c(c1)C1(CCN(C(=O)c3ccc(Cl)c(Cl)c3)CC1)CS2. The third-order valence-corrected chi connectivity index (χ3v) is 7.63. The Hall–Kier alpha value is -1.20. The van der Waals surface area contributed by atoms with Crippen LogP contribution in [0.4, 0.5) is 0 Å². The van der Waals surface area contributed by atoms with Gasteiger partial charge in [-0.1, -0.05) is 35.3 Å². The van der Waals surface area contributed by atoms with Crippen molar-refractivity contribution < 1.29 is 4.79 Å². The Morgan fingerprint density at radius 3 is 2.58 bits per heavy atom. The maximum atomic E-state index is 12.8. The number of hydrogen-bond donors (Lipinski definition) is 1. The van der Waals surface area contributed by atoms with Crippen LogP contribution >= 0.6 is 35.0 Å². The van der Waals surface area contributed by atoms with Crippen LogP contribution < -0.4 is 5.73 Å². The molecular weight excluding hydrogens is 387 g/mol. The standard InChI is InChI=1S/C20H20Cl2N2OS/c21-16-3-2-14(10-17(16)22)19(25)24-7-5-20(6-8-24)12-26-18-4-1-13(11-23)9-15(18)20/h1-4,9-10H,5-8,11-12,23H2. The molecule has 2 aromatic carbocycles. The molecule has 1 spiro atoms. The summed E-state index contributed by atoms with van der Waals surface area (Å²) in [6.07, 6.45) is 1.96. The monoisotopic (exact) mass is 406 g/mol. The fraction of sp³-hybridized carbons (Fsp3) is 0.350. The Morgan fingerprint density at radius 2 is 1.88 bits per heavy atom. The van der Waals surface area contributed by atoms with Crippen LogP contribution in [0.2, 0.25) is 10.0 Å². The highest BCUT2D eigenvalue weighted by molar-refractivity contribution is 7.99. The zero-order valence-electron chi connectivity index (χ0n) is 14.3. The minimum atomic E-state index is 0.0278. The molecule has 1 saturated heterocycles. The van der Waals surface area contributed by atoms with Gasteiger partial charge in [-0.3, -0.25) is 4.79 Å². The molecule has 0 radical (unpaired) electrons. The summed E-state index contributed by atoms with van der Waals surface area (Å²) in [5, 5.41) is 0.887. The summed E-state index contributed by atoms with van der Waals surface area (Å²) < 4.78 is 0. The lowest BCUT2D eigenvalue weighted by molar-refractivity contribution is 0.0679. The molecule has 2 aromatic rings. The van der Waals surface area contributed by atoms with Crippen LogP contribution in [0.25, 0.3) is 0 Å². The van der Waals surface area contributed by atoms with Crippen molar-refractivity contribution in [3.63, 3.8) is 0 Å². The number of nitrogens with zero attached hydrogens (tertiary/aromatic N) is 1. The summed E-state index contributed by atoms with van der Waals surface area (Å²) >= 11 is 13.9. The van der Waals surface area contributed by atoms with E-state index in [0.29, 0.717) is 22.2 Å². The van der Waals surface area contributed by atoms with E-state index in [0.717, 1.165) is 31.7 Å². The van der Waals surface area contributed by atoms with Gasteiger partial charge < -0.3 is 10.6 Å². The molecule has 0 unspecified atom stereocenters. The molecule has 2 N–H and O–H groups in total. The van der Waals surface area contributed by atoms with Crippen LogP contribution in [-0.2, 0) is 12.0 Å². The van der Waals surface area contributed by atoms with Crippen LogP contribution in [0, 0.1) is 0 Å². The fourth-order valence-electron chi connectivity index (χ4n) is 3.90. The third-order valence-electron chi connectivity index (χ3n) is 5.53. The second kappa shape index (κ2) is 7.08. The predicted molar refractivity (Wildman–Crippen MR) is 108 cm³/mol. The average Bonchev–Trinajstić information content (AvgIpc) is 3.01. The second-order valence-corrected chi connectivity index (χ2v) is 8.86. The molecule has 0 saturated carbocycles. The highest BCUT2D eigenvalue weighted by Crippen LogP contribution is 2.49. The first-order valence-corrected chi connectivity index (χ1v) is 10.5. The Bertz CT molecular complexity index is 863. The molecule has 0 atom stereocenters. The smallest absolute Gasteiger partial charge is 0.253 e. The van der Waals surface area contributed by atoms with E-state index in [1.54, 1.807) is 18.2 Å². The van der Waals surface area contributed by atoms with Gasteiger partial charge >= 0.3 is 0 Å². The van der Waals surface area contributed by atoms with Gasteiger partial charge in [-0.15, -0.1) is 11.8 Å². The van der Waals surface area contributed by atoms with Crippen molar-refractivity contribution in [3.05, 3.63) is 63.1 Å². The van der Waals surface area contributed by atoms with Crippen LogP contribution in [0.1, 0.15) is 34.3 Å². The molecule has 4 rings (SSSR count). The lowest BCUT2D eigenvalue weighted by Crippen LogP contribution is -2.45. The Labute approximate surface area is 167 Å². The van der Waals surface area contributed by atoms with Gasteiger partial charge in [0.05, 0.1) is 10.0 Å². The molecule has 136 valence electrons. The Morgan fingerprint density at radius 1 is 1.12 bits per heavy atom. The number of thioether (sulfide) groups is 1. The van der Waals surface area contributed by atoms with Gasteiger partial charge in [0.15, 0.2) is 0 Å². The number of rotatable bonds is 2. The molecule has 0 aliphatic carbocycles. The van der Waals surface area contributed by atoms with E-state index in [9.17, 15) is 4.79 Å². The second-order valence-electron chi connectivity index (χ2n) is 7.02. The first-order chi connectivity index (χ1) is 12.5. The molecule has 1 amide bonds. The molecule has 1 fully saturated rings. The van der Waals surface area contributed by atoms with Gasteiger partial charge in [0, 0.05) is 41.3 Å². The van der Waals surface area contributed by atoms with Crippen molar-refractivity contribution in [2.45, 2.75) is 29.7 Å². The van der Waals surface area contributed by atoms with E-state index >= 15 is 0 Å². The third kappa shape index (κ3) is 3.13. The molecule has 6 heteroatoms. The van der Waals surface area contributed by atoms with Crippen molar-refractivity contribution in [2.24, 2.45) is 5.73 Å². The molecule has 2 heterocycles. The number of fused-ring (bicyclic) bond motifs is 2. The number of piperidine rings is 1. The van der Waals surface area contributed by atoms with E-state index < -0.39 is 0 Å². The summed E-state index contributed by atoms with van der Waals surface area (Å²) in [6, 6.07) is 11.7. The maximum Gasteiger partial charge on any atom is 0.253 e. The van der Waals surface area contributed by atoms with Crippen LogP contribution in [-0.4, -0.2) is 29.6 Å². The molecule has 2 aliphatic heterocycles. The maximum absolute atomic E-state index is 12.8. The molecular formula is C20H20Cl2N2OS. The summed E-state index contributed by atoms with van der Waals surface area (Å²) in [5.74, 6) is 1.12. The van der Waals surface area contributed by atoms with Crippen molar-refractivity contribution in [1.29, 1.82) is 0 Å². The van der Waals surface area contributed by atoms with Crippen molar-refractivity contribution in [1.82, 2.24) is 4.90 Å². The molecule has 26 heavy (non-hydrogen) atoms. The van der Waals surface area contributed by atoms with Crippen LogP contribution in [0.15, 0.2) is 41.3 Å². The predicted octanol–water partition coefficient (Wildman–Crippen LogP) is 4.73. The quantitative estimate of drug-likeness (QED) is 0.783. The number of carbonyl (C=O) groups excluding carboxylic acids is 1. The first kappa shape index (κ1) is 18.2. The topological polar surface area (TPSA) is 46.3 Å². The normalized spacial score (nSPS) is 18.2. The van der Waals surface area contributed by atoms with Crippen LogP contribution in [0.3, 0.4) is 0 Å². The lowest BCUT2D eigenvalue weighted by Gasteiger charge is -2.39. The van der Waals surface area contributed by atoms with E-state index in [1.807, 2.05) is 16.7 Å². The van der Waals surface area contributed by atoms with E-state index in [-0.39, 0.29) is 11.3 Å². The highest BCUT2D eigenvalue weighted by atomic mass is 35.5.